The molecule has 0 aliphatic heterocycles. The Hall–Kier alpha value is -4.23. The van der Waals surface area contributed by atoms with Crippen LogP contribution in [0.3, 0.4) is 0 Å². The number of halogens is 1. The van der Waals surface area contributed by atoms with E-state index in [1.165, 1.54) is 6.33 Å². The third-order valence-electron chi connectivity index (χ3n) is 5.41. The molecule has 4 N–H and O–H groups in total. The van der Waals surface area contributed by atoms with Gasteiger partial charge in [0.1, 0.15) is 29.6 Å². The number of aromatic nitrogens is 4. The second-order valence-corrected chi connectivity index (χ2v) is 8.66. The van der Waals surface area contributed by atoms with Crippen molar-refractivity contribution in [1.29, 1.82) is 5.26 Å². The number of para-hydroxylation sites is 1. The summed E-state index contributed by atoms with van der Waals surface area (Å²) < 4.78 is 5.32. The van der Waals surface area contributed by atoms with E-state index >= 15 is 0 Å². The number of hydrogen-bond donors (Lipinski definition) is 3. The minimum atomic E-state index is -0.532. The van der Waals surface area contributed by atoms with Gasteiger partial charge in [-0.2, -0.15) is 5.26 Å². The number of nitrogen functional groups attached to an aromatic ring is 1. The van der Waals surface area contributed by atoms with Crippen molar-refractivity contribution in [3.63, 3.8) is 0 Å². The quantitative estimate of drug-likeness (QED) is 0.342. The van der Waals surface area contributed by atoms with Gasteiger partial charge in [0, 0.05) is 11.5 Å². The Morgan fingerprint density at radius 2 is 2.06 bits per heavy atom. The predicted octanol–water partition coefficient (Wildman–Crippen LogP) is 4.35. The standard InChI is InChI=1S/C24H23ClN8O2/c1-12(2)19-8-15(35-33-19)10-28-24(34)16-7-14-5-4-6-18(25)21(14)32-20(16)13(3)31-23-17(9-26)22(27)29-11-30-23/h4-8,11-13H,10H2,1-3H3,(H,28,34)(H3,27,29,30,31)/t13-/m0/s1. The lowest BCUT2D eigenvalue weighted by Crippen LogP contribution is -2.26. The normalized spacial score (nSPS) is 11.9. The lowest BCUT2D eigenvalue weighted by Gasteiger charge is -2.19. The number of nitrogens with zero attached hydrogens (tertiary/aromatic N) is 5. The first kappa shape index (κ1) is 23.9. The van der Waals surface area contributed by atoms with Crippen molar-refractivity contribution < 1.29 is 9.32 Å². The maximum Gasteiger partial charge on any atom is 0.253 e. The highest BCUT2D eigenvalue weighted by Gasteiger charge is 2.22. The highest BCUT2D eigenvalue weighted by Crippen LogP contribution is 2.29. The Labute approximate surface area is 206 Å². The van der Waals surface area contributed by atoms with Crippen LogP contribution in [0.1, 0.15) is 65.8 Å². The number of rotatable bonds is 7. The number of carbonyl (C=O) groups is 1. The van der Waals surface area contributed by atoms with Crippen molar-refractivity contribution in [2.24, 2.45) is 0 Å². The number of benzene rings is 1. The summed E-state index contributed by atoms with van der Waals surface area (Å²) in [5.41, 5.74) is 8.04. The minimum Gasteiger partial charge on any atom is -0.382 e. The monoisotopic (exact) mass is 490 g/mol. The Balaban J connectivity index is 1.68. The smallest absolute Gasteiger partial charge is 0.253 e. The fourth-order valence-electron chi connectivity index (χ4n) is 3.53. The van der Waals surface area contributed by atoms with Gasteiger partial charge >= 0.3 is 0 Å². The summed E-state index contributed by atoms with van der Waals surface area (Å²) >= 11 is 6.38. The van der Waals surface area contributed by atoms with Gasteiger partial charge in [0.2, 0.25) is 0 Å². The molecule has 0 radical (unpaired) electrons. The van der Waals surface area contributed by atoms with Crippen molar-refractivity contribution in [2.45, 2.75) is 39.3 Å². The summed E-state index contributed by atoms with van der Waals surface area (Å²) in [5.74, 6) is 0.695. The molecule has 4 aromatic rings. The van der Waals surface area contributed by atoms with Crippen LogP contribution >= 0.6 is 11.6 Å². The molecule has 0 aliphatic rings. The molecule has 178 valence electrons. The van der Waals surface area contributed by atoms with Gasteiger partial charge in [-0.1, -0.05) is 42.7 Å². The fraction of sp³-hybridized carbons (Fsp3) is 0.250. The van der Waals surface area contributed by atoms with E-state index in [0.717, 1.165) is 5.69 Å². The molecule has 0 unspecified atom stereocenters. The van der Waals surface area contributed by atoms with E-state index in [4.69, 9.17) is 26.8 Å². The number of nitrogens with two attached hydrogens (primary N) is 1. The molecule has 0 spiro atoms. The number of pyridine rings is 1. The van der Waals surface area contributed by atoms with Crippen LogP contribution in [-0.4, -0.2) is 26.0 Å². The maximum absolute atomic E-state index is 13.3. The van der Waals surface area contributed by atoms with E-state index in [1.54, 1.807) is 25.1 Å². The number of carbonyl (C=O) groups excluding carboxylic acids is 1. The molecule has 0 bridgehead atoms. The predicted molar refractivity (Wildman–Crippen MR) is 132 cm³/mol. The molecule has 3 heterocycles. The second-order valence-electron chi connectivity index (χ2n) is 8.25. The number of fused-ring (bicyclic) bond motifs is 1. The third-order valence-corrected chi connectivity index (χ3v) is 5.72. The van der Waals surface area contributed by atoms with Crippen molar-refractivity contribution in [2.75, 3.05) is 11.1 Å². The lowest BCUT2D eigenvalue weighted by atomic mass is 10.0. The summed E-state index contributed by atoms with van der Waals surface area (Å²) in [6.45, 7) is 5.98. The summed E-state index contributed by atoms with van der Waals surface area (Å²) in [5, 5.41) is 20.6. The van der Waals surface area contributed by atoms with E-state index in [9.17, 15) is 10.1 Å². The average Bonchev–Trinajstić information content (AvgIpc) is 3.32. The van der Waals surface area contributed by atoms with Crippen molar-refractivity contribution in [1.82, 2.24) is 25.4 Å². The van der Waals surface area contributed by atoms with Crippen molar-refractivity contribution >= 4 is 40.0 Å². The topological polar surface area (TPSA) is 156 Å². The van der Waals surface area contributed by atoms with Crippen LogP contribution in [0.25, 0.3) is 10.9 Å². The van der Waals surface area contributed by atoms with E-state index < -0.39 is 6.04 Å². The van der Waals surface area contributed by atoms with E-state index in [0.29, 0.717) is 32.9 Å². The van der Waals surface area contributed by atoms with Gasteiger partial charge in [0.05, 0.1) is 40.1 Å². The van der Waals surface area contributed by atoms with Crippen LogP contribution in [0, 0.1) is 11.3 Å². The highest BCUT2D eigenvalue weighted by molar-refractivity contribution is 6.35. The zero-order valence-corrected chi connectivity index (χ0v) is 20.1. The molecule has 0 saturated heterocycles. The van der Waals surface area contributed by atoms with Crippen LogP contribution in [0.5, 0.6) is 0 Å². The van der Waals surface area contributed by atoms with Gasteiger partial charge in [-0.25, -0.2) is 15.0 Å². The second kappa shape index (κ2) is 9.95. The number of anilines is 2. The first-order valence-corrected chi connectivity index (χ1v) is 11.3. The number of amides is 1. The number of nitriles is 1. The van der Waals surface area contributed by atoms with Crippen LogP contribution in [0.2, 0.25) is 5.02 Å². The molecule has 0 saturated carbocycles. The molecule has 11 heteroatoms. The van der Waals surface area contributed by atoms with Crippen LogP contribution in [0.15, 0.2) is 41.2 Å². The molecule has 4 rings (SSSR count). The molecular weight excluding hydrogens is 468 g/mol. The van der Waals surface area contributed by atoms with E-state index in [-0.39, 0.29) is 35.6 Å². The van der Waals surface area contributed by atoms with Crippen molar-refractivity contribution in [3.8, 4) is 6.07 Å². The first-order valence-electron chi connectivity index (χ1n) is 10.9. The number of nitrogens with one attached hydrogen (secondary N) is 2. The van der Waals surface area contributed by atoms with Crippen LogP contribution < -0.4 is 16.4 Å². The van der Waals surface area contributed by atoms with E-state index in [1.807, 2.05) is 32.0 Å². The summed E-state index contributed by atoms with van der Waals surface area (Å²) in [6, 6.07) is 10.4. The zero-order valence-electron chi connectivity index (χ0n) is 19.3. The molecular formula is C24H23ClN8O2. The van der Waals surface area contributed by atoms with E-state index in [2.05, 4.69) is 25.8 Å². The fourth-order valence-corrected chi connectivity index (χ4v) is 3.75. The molecule has 0 aliphatic carbocycles. The molecule has 0 fully saturated rings. The van der Waals surface area contributed by atoms with Gasteiger partial charge in [-0.3, -0.25) is 4.79 Å². The Morgan fingerprint density at radius 1 is 1.26 bits per heavy atom. The summed E-state index contributed by atoms with van der Waals surface area (Å²) in [4.78, 5) is 25.9. The lowest BCUT2D eigenvalue weighted by molar-refractivity contribution is 0.0945. The molecule has 1 atom stereocenters. The zero-order chi connectivity index (χ0) is 25.1. The first-order chi connectivity index (χ1) is 16.8. The maximum atomic E-state index is 13.3. The summed E-state index contributed by atoms with van der Waals surface area (Å²) in [7, 11) is 0. The van der Waals surface area contributed by atoms with Gasteiger partial charge in [-0.05, 0) is 25.0 Å². The highest BCUT2D eigenvalue weighted by atomic mass is 35.5. The van der Waals surface area contributed by atoms with Crippen LogP contribution in [0.4, 0.5) is 11.6 Å². The van der Waals surface area contributed by atoms with Crippen LogP contribution in [-0.2, 0) is 6.54 Å². The Morgan fingerprint density at radius 3 is 2.77 bits per heavy atom. The van der Waals surface area contributed by atoms with Gasteiger partial charge in [0.25, 0.3) is 5.91 Å². The van der Waals surface area contributed by atoms with Crippen molar-refractivity contribution in [3.05, 3.63) is 70.0 Å². The SMILES string of the molecule is CC(C)c1cc(CNC(=O)c2cc3cccc(Cl)c3nc2[C@H](C)Nc2ncnc(N)c2C#N)on1. The van der Waals surface area contributed by atoms with Gasteiger partial charge in [-0.15, -0.1) is 0 Å². The molecule has 10 nitrogen and oxygen atoms in total. The number of hydrogen-bond acceptors (Lipinski definition) is 9. The Kier molecular flexibility index (Phi) is 6.80. The molecule has 1 aromatic carbocycles. The summed E-state index contributed by atoms with van der Waals surface area (Å²) in [6.07, 6.45) is 1.26. The van der Waals surface area contributed by atoms with Gasteiger partial charge < -0.3 is 20.9 Å². The molecule has 3 aromatic heterocycles. The molecule has 1 amide bonds. The van der Waals surface area contributed by atoms with Gasteiger partial charge in [0.15, 0.2) is 5.76 Å². The minimum absolute atomic E-state index is 0.0532. The third kappa shape index (κ3) is 5.00. The molecule has 35 heavy (non-hydrogen) atoms. The average molecular weight is 491 g/mol. The Bertz CT molecular complexity index is 1440. The largest absolute Gasteiger partial charge is 0.382 e.